The zero-order valence-corrected chi connectivity index (χ0v) is 9.53. The number of fused-ring (bicyclic) bond motifs is 1. The number of aromatic nitrogens is 2. The van der Waals surface area contributed by atoms with Crippen molar-refractivity contribution >= 4 is 20.9 Å². The molecular weight excluding hydrogens is 226 g/mol. The standard InChI is InChI=1S/C10H11N3O2S/c1-2-7-3-9-8(5-12-6-13-9)10(4-7)16(11,14)15/h3-6H,2H2,1H3,(H2,11,14,15). The molecule has 0 aliphatic carbocycles. The molecule has 0 saturated carbocycles. The van der Waals surface area contributed by atoms with E-state index in [1.165, 1.54) is 12.5 Å². The molecule has 84 valence electrons. The average molecular weight is 237 g/mol. The molecule has 0 unspecified atom stereocenters. The predicted octanol–water partition coefficient (Wildman–Crippen LogP) is 0.840. The second-order valence-corrected chi connectivity index (χ2v) is 4.98. The molecule has 2 N–H and O–H groups in total. The molecule has 0 aliphatic rings. The Balaban J connectivity index is 2.90. The summed E-state index contributed by atoms with van der Waals surface area (Å²) in [5, 5.41) is 5.62. The Hall–Kier alpha value is -1.53. The molecule has 0 fully saturated rings. The van der Waals surface area contributed by atoms with E-state index in [0.29, 0.717) is 10.9 Å². The third kappa shape index (κ3) is 1.89. The van der Waals surface area contributed by atoms with Crippen molar-refractivity contribution in [3.05, 3.63) is 30.2 Å². The fraction of sp³-hybridized carbons (Fsp3) is 0.200. The summed E-state index contributed by atoms with van der Waals surface area (Å²) < 4.78 is 22.9. The monoisotopic (exact) mass is 237 g/mol. The van der Waals surface area contributed by atoms with Crippen LogP contribution in [0.3, 0.4) is 0 Å². The van der Waals surface area contributed by atoms with Crippen LogP contribution in [0.2, 0.25) is 0 Å². The van der Waals surface area contributed by atoms with Crippen molar-refractivity contribution < 1.29 is 8.42 Å². The van der Waals surface area contributed by atoms with Gasteiger partial charge in [-0.2, -0.15) is 0 Å². The van der Waals surface area contributed by atoms with E-state index in [9.17, 15) is 8.42 Å². The molecule has 0 amide bonds. The lowest BCUT2D eigenvalue weighted by atomic mass is 10.1. The largest absolute Gasteiger partial charge is 0.244 e. The molecule has 0 atom stereocenters. The third-order valence-electron chi connectivity index (χ3n) is 2.36. The summed E-state index contributed by atoms with van der Waals surface area (Å²) in [7, 11) is -3.74. The first-order valence-corrected chi connectivity index (χ1v) is 6.32. The number of rotatable bonds is 2. The second kappa shape index (κ2) is 3.80. The average Bonchev–Trinajstić information content (AvgIpc) is 2.26. The lowest BCUT2D eigenvalue weighted by molar-refractivity contribution is 0.598. The highest BCUT2D eigenvalue weighted by molar-refractivity contribution is 7.89. The molecule has 6 heteroatoms. The summed E-state index contributed by atoms with van der Waals surface area (Å²) >= 11 is 0. The number of benzene rings is 1. The van der Waals surface area contributed by atoms with E-state index in [2.05, 4.69) is 9.97 Å². The van der Waals surface area contributed by atoms with Crippen LogP contribution in [0.4, 0.5) is 0 Å². The Bertz CT molecular complexity index is 638. The van der Waals surface area contributed by atoms with Crippen LogP contribution in [0.25, 0.3) is 10.9 Å². The first kappa shape index (κ1) is 11.0. The number of hydrogen-bond acceptors (Lipinski definition) is 4. The van der Waals surface area contributed by atoms with Crippen LogP contribution in [0, 0.1) is 0 Å². The van der Waals surface area contributed by atoms with Crippen LogP contribution in [-0.2, 0) is 16.4 Å². The van der Waals surface area contributed by atoms with Gasteiger partial charge in [0.2, 0.25) is 10.0 Å². The predicted molar refractivity (Wildman–Crippen MR) is 60.3 cm³/mol. The minimum Gasteiger partial charge on any atom is -0.244 e. The van der Waals surface area contributed by atoms with Gasteiger partial charge in [-0.15, -0.1) is 0 Å². The van der Waals surface area contributed by atoms with E-state index < -0.39 is 10.0 Å². The quantitative estimate of drug-likeness (QED) is 0.838. The van der Waals surface area contributed by atoms with Crippen LogP contribution < -0.4 is 5.14 Å². The molecule has 1 aromatic carbocycles. The van der Waals surface area contributed by atoms with E-state index in [1.807, 2.05) is 13.0 Å². The molecule has 2 rings (SSSR count). The fourth-order valence-corrected chi connectivity index (χ4v) is 2.33. The van der Waals surface area contributed by atoms with Gasteiger partial charge >= 0.3 is 0 Å². The summed E-state index contributed by atoms with van der Waals surface area (Å²) in [6, 6.07) is 3.41. The molecule has 0 spiro atoms. The lowest BCUT2D eigenvalue weighted by Crippen LogP contribution is -2.13. The van der Waals surface area contributed by atoms with E-state index in [0.717, 1.165) is 12.0 Å². The van der Waals surface area contributed by atoms with Crippen LogP contribution in [0.1, 0.15) is 12.5 Å². The highest BCUT2D eigenvalue weighted by atomic mass is 32.2. The number of primary sulfonamides is 1. The van der Waals surface area contributed by atoms with E-state index in [-0.39, 0.29) is 4.90 Å². The number of hydrogen-bond donors (Lipinski definition) is 1. The van der Waals surface area contributed by atoms with Crippen molar-refractivity contribution in [2.75, 3.05) is 0 Å². The van der Waals surface area contributed by atoms with Gasteiger partial charge in [0, 0.05) is 11.6 Å². The van der Waals surface area contributed by atoms with Gasteiger partial charge in [0.05, 0.1) is 10.4 Å². The summed E-state index contributed by atoms with van der Waals surface area (Å²) in [4.78, 5) is 7.93. The topological polar surface area (TPSA) is 85.9 Å². The number of nitrogens with zero attached hydrogens (tertiary/aromatic N) is 2. The lowest BCUT2D eigenvalue weighted by Gasteiger charge is -2.06. The Morgan fingerprint density at radius 2 is 2.12 bits per heavy atom. The molecule has 0 radical (unpaired) electrons. The zero-order chi connectivity index (χ0) is 11.8. The van der Waals surface area contributed by atoms with Gasteiger partial charge in [-0.05, 0) is 24.1 Å². The smallest absolute Gasteiger partial charge is 0.238 e. The maximum atomic E-state index is 11.4. The molecule has 5 nitrogen and oxygen atoms in total. The van der Waals surface area contributed by atoms with Crippen molar-refractivity contribution in [2.45, 2.75) is 18.2 Å². The number of sulfonamides is 1. The summed E-state index contributed by atoms with van der Waals surface area (Å²) in [6.07, 6.45) is 3.57. The third-order valence-corrected chi connectivity index (χ3v) is 3.31. The molecular formula is C10H11N3O2S. The van der Waals surface area contributed by atoms with Gasteiger partial charge in [-0.1, -0.05) is 6.92 Å². The Morgan fingerprint density at radius 1 is 1.38 bits per heavy atom. The SMILES string of the molecule is CCc1cc(S(N)(=O)=O)c2cncnc2c1. The van der Waals surface area contributed by atoms with Gasteiger partial charge in [0.25, 0.3) is 0 Å². The van der Waals surface area contributed by atoms with Crippen LogP contribution in [0.15, 0.2) is 29.6 Å². The highest BCUT2D eigenvalue weighted by Gasteiger charge is 2.14. The van der Waals surface area contributed by atoms with Crippen molar-refractivity contribution in [3.8, 4) is 0 Å². The van der Waals surface area contributed by atoms with E-state index in [4.69, 9.17) is 5.14 Å². The second-order valence-electron chi connectivity index (χ2n) is 3.45. The Morgan fingerprint density at radius 3 is 2.75 bits per heavy atom. The fourth-order valence-electron chi connectivity index (χ4n) is 1.55. The maximum Gasteiger partial charge on any atom is 0.238 e. The molecule has 1 aromatic heterocycles. The van der Waals surface area contributed by atoms with Gasteiger partial charge in [0.1, 0.15) is 6.33 Å². The Kier molecular flexibility index (Phi) is 2.61. The van der Waals surface area contributed by atoms with Gasteiger partial charge < -0.3 is 0 Å². The first-order valence-electron chi connectivity index (χ1n) is 4.78. The Labute approximate surface area is 93.4 Å². The van der Waals surface area contributed by atoms with Crippen LogP contribution >= 0.6 is 0 Å². The van der Waals surface area contributed by atoms with Crippen molar-refractivity contribution in [2.24, 2.45) is 5.14 Å². The minimum absolute atomic E-state index is 0.0856. The molecule has 16 heavy (non-hydrogen) atoms. The normalized spacial score (nSPS) is 11.9. The van der Waals surface area contributed by atoms with E-state index >= 15 is 0 Å². The van der Waals surface area contributed by atoms with Crippen molar-refractivity contribution in [1.29, 1.82) is 0 Å². The first-order chi connectivity index (χ1) is 7.52. The van der Waals surface area contributed by atoms with Gasteiger partial charge in [-0.3, -0.25) is 0 Å². The van der Waals surface area contributed by atoms with Crippen molar-refractivity contribution in [3.63, 3.8) is 0 Å². The minimum atomic E-state index is -3.74. The highest BCUT2D eigenvalue weighted by Crippen LogP contribution is 2.22. The summed E-state index contributed by atoms with van der Waals surface area (Å²) in [5.74, 6) is 0. The summed E-state index contributed by atoms with van der Waals surface area (Å²) in [6.45, 7) is 1.94. The van der Waals surface area contributed by atoms with E-state index in [1.54, 1.807) is 6.07 Å². The zero-order valence-electron chi connectivity index (χ0n) is 8.71. The van der Waals surface area contributed by atoms with Gasteiger partial charge in [-0.25, -0.2) is 23.5 Å². The van der Waals surface area contributed by atoms with Crippen LogP contribution in [0.5, 0.6) is 0 Å². The van der Waals surface area contributed by atoms with Crippen molar-refractivity contribution in [1.82, 2.24) is 9.97 Å². The van der Waals surface area contributed by atoms with Crippen LogP contribution in [-0.4, -0.2) is 18.4 Å². The molecule has 0 saturated heterocycles. The maximum absolute atomic E-state index is 11.4. The number of nitrogens with two attached hydrogens (primary N) is 1. The molecule has 2 aromatic rings. The molecule has 1 heterocycles. The summed E-state index contributed by atoms with van der Waals surface area (Å²) in [5.41, 5.74) is 1.48. The molecule has 0 aliphatic heterocycles. The number of aryl methyl sites for hydroxylation is 1. The van der Waals surface area contributed by atoms with Gasteiger partial charge in [0.15, 0.2) is 0 Å². The molecule has 0 bridgehead atoms.